The van der Waals surface area contributed by atoms with Crippen LogP contribution < -0.4 is 0 Å². The number of ether oxygens (including phenoxy) is 1. The lowest BCUT2D eigenvalue weighted by molar-refractivity contribution is -0.0833. The minimum absolute atomic E-state index is 0.497. The molecular weight excluding hydrogens is 216 g/mol. The Balaban J connectivity index is 1.77. The number of nitrogens with zero attached hydrogens (tertiary/aromatic N) is 2. The first-order valence-corrected chi connectivity index (χ1v) is 6.78. The molecule has 4 heteroatoms. The zero-order chi connectivity index (χ0) is 12.3. The van der Waals surface area contributed by atoms with E-state index in [9.17, 15) is 5.11 Å². The molecule has 1 N–H and O–H groups in total. The predicted molar refractivity (Wildman–Crippen MR) is 68.2 cm³/mol. The van der Waals surface area contributed by atoms with Crippen molar-refractivity contribution in [3.05, 3.63) is 0 Å². The second-order valence-corrected chi connectivity index (χ2v) is 5.81. The van der Waals surface area contributed by atoms with E-state index in [1.807, 2.05) is 0 Å². The topological polar surface area (TPSA) is 35.9 Å². The molecule has 0 aromatic heterocycles. The molecule has 2 fully saturated rings. The standard InChI is InChI=1S/C13H26N2O2/c1-14(2)12-3-7-15(8-4-12)11-13(16)5-9-17-10-6-13/h12,16H,3-11H2,1-2H3. The molecule has 2 aliphatic heterocycles. The normalized spacial score (nSPS) is 27.5. The molecule has 0 amide bonds. The van der Waals surface area contributed by atoms with Gasteiger partial charge in [-0.3, -0.25) is 0 Å². The molecule has 4 nitrogen and oxygen atoms in total. The molecule has 0 aromatic carbocycles. The number of hydrogen-bond acceptors (Lipinski definition) is 4. The molecule has 0 saturated carbocycles. The maximum absolute atomic E-state index is 10.5. The van der Waals surface area contributed by atoms with E-state index in [4.69, 9.17) is 4.74 Å². The summed E-state index contributed by atoms with van der Waals surface area (Å²) in [6.45, 7) is 4.49. The number of aliphatic hydroxyl groups is 1. The van der Waals surface area contributed by atoms with E-state index in [1.165, 1.54) is 12.8 Å². The maximum Gasteiger partial charge on any atom is 0.0817 e. The van der Waals surface area contributed by atoms with Crippen LogP contribution in [-0.2, 0) is 4.74 Å². The largest absolute Gasteiger partial charge is 0.388 e. The Kier molecular flexibility index (Phi) is 4.42. The third-order valence-corrected chi connectivity index (χ3v) is 4.23. The smallest absolute Gasteiger partial charge is 0.0817 e. The third-order valence-electron chi connectivity index (χ3n) is 4.23. The average Bonchev–Trinajstić information content (AvgIpc) is 2.30. The molecule has 0 radical (unpaired) electrons. The van der Waals surface area contributed by atoms with Crippen molar-refractivity contribution < 1.29 is 9.84 Å². The van der Waals surface area contributed by atoms with E-state index < -0.39 is 5.60 Å². The van der Waals surface area contributed by atoms with Gasteiger partial charge in [-0.15, -0.1) is 0 Å². The highest BCUT2D eigenvalue weighted by Gasteiger charge is 2.33. The molecule has 100 valence electrons. The Morgan fingerprint density at radius 1 is 1.24 bits per heavy atom. The fourth-order valence-corrected chi connectivity index (χ4v) is 2.92. The summed E-state index contributed by atoms with van der Waals surface area (Å²) < 4.78 is 5.32. The lowest BCUT2D eigenvalue weighted by Crippen LogP contribution is -2.50. The molecule has 0 spiro atoms. The molecule has 0 bridgehead atoms. The maximum atomic E-state index is 10.5. The zero-order valence-electron chi connectivity index (χ0n) is 11.2. The van der Waals surface area contributed by atoms with E-state index in [0.29, 0.717) is 13.2 Å². The zero-order valence-corrected chi connectivity index (χ0v) is 11.2. The first-order valence-electron chi connectivity index (χ1n) is 6.78. The van der Waals surface area contributed by atoms with Crippen molar-refractivity contribution in [1.29, 1.82) is 0 Å². The highest BCUT2D eigenvalue weighted by atomic mass is 16.5. The Labute approximate surface area is 105 Å². The Bertz CT molecular complexity index is 232. The van der Waals surface area contributed by atoms with Crippen LogP contribution in [0.4, 0.5) is 0 Å². The van der Waals surface area contributed by atoms with E-state index in [2.05, 4.69) is 23.9 Å². The number of hydrogen-bond donors (Lipinski definition) is 1. The highest BCUT2D eigenvalue weighted by Crippen LogP contribution is 2.24. The molecule has 0 aromatic rings. The second kappa shape index (κ2) is 5.65. The first kappa shape index (κ1) is 13.3. The van der Waals surface area contributed by atoms with Gasteiger partial charge in [0.05, 0.1) is 5.60 Å². The number of β-amino-alcohol motifs (C(OH)–C–C–N with tert-alkyl or cyclic N) is 1. The van der Waals surface area contributed by atoms with Gasteiger partial charge in [-0.2, -0.15) is 0 Å². The van der Waals surface area contributed by atoms with E-state index in [-0.39, 0.29) is 0 Å². The van der Waals surface area contributed by atoms with Gasteiger partial charge in [0, 0.05) is 38.6 Å². The summed E-state index contributed by atoms with van der Waals surface area (Å²) in [6.07, 6.45) is 4.03. The van der Waals surface area contributed by atoms with Crippen LogP contribution in [0.1, 0.15) is 25.7 Å². The SMILES string of the molecule is CN(C)C1CCN(CC2(O)CCOCC2)CC1. The molecule has 0 atom stereocenters. The van der Waals surface area contributed by atoms with Crippen molar-refractivity contribution in [1.82, 2.24) is 9.80 Å². The molecule has 17 heavy (non-hydrogen) atoms. The van der Waals surface area contributed by atoms with Gasteiger partial charge in [-0.05, 0) is 40.0 Å². The van der Waals surface area contributed by atoms with Gasteiger partial charge in [0.1, 0.15) is 0 Å². The van der Waals surface area contributed by atoms with Crippen LogP contribution in [0.2, 0.25) is 0 Å². The van der Waals surface area contributed by atoms with Crippen LogP contribution in [0.5, 0.6) is 0 Å². The Hall–Kier alpha value is -0.160. The molecule has 2 rings (SSSR count). The van der Waals surface area contributed by atoms with Crippen LogP contribution in [-0.4, -0.2) is 73.5 Å². The van der Waals surface area contributed by atoms with E-state index in [1.54, 1.807) is 0 Å². The van der Waals surface area contributed by atoms with Crippen LogP contribution in [0.3, 0.4) is 0 Å². The summed E-state index contributed by atoms with van der Waals surface area (Å²) >= 11 is 0. The third kappa shape index (κ3) is 3.65. The number of rotatable bonds is 3. The van der Waals surface area contributed by atoms with Gasteiger partial charge >= 0.3 is 0 Å². The fraction of sp³-hybridized carbons (Fsp3) is 1.00. The van der Waals surface area contributed by atoms with Crippen molar-refractivity contribution in [2.75, 3.05) is 46.9 Å². The van der Waals surface area contributed by atoms with Crippen LogP contribution in [0.25, 0.3) is 0 Å². The summed E-state index contributed by atoms with van der Waals surface area (Å²) in [7, 11) is 4.32. The van der Waals surface area contributed by atoms with Gasteiger partial charge in [0.15, 0.2) is 0 Å². The average molecular weight is 242 g/mol. The van der Waals surface area contributed by atoms with Gasteiger partial charge < -0.3 is 19.6 Å². The lowest BCUT2D eigenvalue weighted by Gasteiger charge is -2.41. The van der Waals surface area contributed by atoms with Crippen molar-refractivity contribution in [3.8, 4) is 0 Å². The second-order valence-electron chi connectivity index (χ2n) is 5.81. The van der Waals surface area contributed by atoms with Gasteiger partial charge in [0.25, 0.3) is 0 Å². The monoisotopic (exact) mass is 242 g/mol. The summed E-state index contributed by atoms with van der Waals surface area (Å²) in [5, 5.41) is 10.5. The molecule has 2 heterocycles. The van der Waals surface area contributed by atoms with Crippen LogP contribution in [0, 0.1) is 0 Å². The fourth-order valence-electron chi connectivity index (χ4n) is 2.92. The lowest BCUT2D eigenvalue weighted by atomic mass is 9.92. The van der Waals surface area contributed by atoms with Crippen LogP contribution in [0.15, 0.2) is 0 Å². The molecular formula is C13H26N2O2. The molecule has 0 aliphatic carbocycles. The molecule has 2 saturated heterocycles. The Morgan fingerprint density at radius 2 is 1.82 bits per heavy atom. The quantitative estimate of drug-likeness (QED) is 0.784. The summed E-state index contributed by atoms with van der Waals surface area (Å²) in [5.74, 6) is 0. The van der Waals surface area contributed by atoms with Crippen molar-refractivity contribution in [2.45, 2.75) is 37.3 Å². The first-order chi connectivity index (χ1) is 8.09. The van der Waals surface area contributed by atoms with Gasteiger partial charge in [0.2, 0.25) is 0 Å². The van der Waals surface area contributed by atoms with Gasteiger partial charge in [-0.1, -0.05) is 0 Å². The van der Waals surface area contributed by atoms with E-state index in [0.717, 1.165) is 38.5 Å². The minimum atomic E-state index is -0.497. The predicted octanol–water partition coefficient (Wildman–Crippen LogP) is 0.554. The summed E-state index contributed by atoms with van der Waals surface area (Å²) in [5.41, 5.74) is -0.497. The molecule has 2 aliphatic rings. The van der Waals surface area contributed by atoms with Crippen LogP contribution >= 0.6 is 0 Å². The van der Waals surface area contributed by atoms with Crippen molar-refractivity contribution >= 4 is 0 Å². The van der Waals surface area contributed by atoms with Crippen molar-refractivity contribution in [3.63, 3.8) is 0 Å². The highest BCUT2D eigenvalue weighted by molar-refractivity contribution is 4.87. The van der Waals surface area contributed by atoms with Crippen molar-refractivity contribution in [2.24, 2.45) is 0 Å². The minimum Gasteiger partial charge on any atom is -0.388 e. The summed E-state index contributed by atoms with van der Waals surface area (Å²) in [6, 6.07) is 0.718. The van der Waals surface area contributed by atoms with E-state index >= 15 is 0 Å². The number of piperidine rings is 1. The number of likely N-dealkylation sites (tertiary alicyclic amines) is 1. The van der Waals surface area contributed by atoms with Gasteiger partial charge in [-0.25, -0.2) is 0 Å². The Morgan fingerprint density at radius 3 is 2.35 bits per heavy atom. The summed E-state index contributed by atoms with van der Waals surface area (Å²) in [4.78, 5) is 4.74. The molecule has 0 unspecified atom stereocenters.